The molecule has 1 atom stereocenters. The van der Waals surface area contributed by atoms with Crippen molar-refractivity contribution in [3.63, 3.8) is 0 Å². The van der Waals surface area contributed by atoms with Gasteiger partial charge in [-0.05, 0) is 56.0 Å². The van der Waals surface area contributed by atoms with E-state index in [9.17, 15) is 13.2 Å². The SMILES string of the molecule is Cc1noc(-c2ccc3c(c2)CC=C3c2nc(N[C@H]3CCCNC3)ncc2C(F)(F)F)n1. The molecule has 2 aliphatic rings. The van der Waals surface area contributed by atoms with Gasteiger partial charge in [0.15, 0.2) is 5.82 Å². The molecular formula is C22H21F3N6O. The van der Waals surface area contributed by atoms with Gasteiger partial charge in [-0.1, -0.05) is 17.3 Å². The van der Waals surface area contributed by atoms with Gasteiger partial charge in [0.1, 0.15) is 5.56 Å². The van der Waals surface area contributed by atoms with E-state index in [0.717, 1.165) is 43.3 Å². The topological polar surface area (TPSA) is 88.8 Å². The monoisotopic (exact) mass is 442 g/mol. The van der Waals surface area contributed by atoms with Gasteiger partial charge in [0.25, 0.3) is 5.89 Å². The van der Waals surface area contributed by atoms with Gasteiger partial charge in [-0.2, -0.15) is 18.2 Å². The number of halogens is 3. The predicted molar refractivity (Wildman–Crippen MR) is 112 cm³/mol. The molecular weight excluding hydrogens is 421 g/mol. The average Bonchev–Trinajstić information content (AvgIpc) is 3.39. The van der Waals surface area contributed by atoms with Crippen LogP contribution in [0.5, 0.6) is 0 Å². The largest absolute Gasteiger partial charge is 0.419 e. The number of benzene rings is 1. The van der Waals surface area contributed by atoms with E-state index in [-0.39, 0.29) is 17.7 Å². The van der Waals surface area contributed by atoms with Crippen molar-refractivity contribution in [1.29, 1.82) is 0 Å². The van der Waals surface area contributed by atoms with Crippen molar-refractivity contribution in [3.05, 3.63) is 58.7 Å². The molecule has 7 nitrogen and oxygen atoms in total. The number of rotatable bonds is 4. The Bertz CT molecular complexity index is 1180. The maximum Gasteiger partial charge on any atom is 0.419 e. The fraction of sp³-hybridized carbons (Fsp3) is 0.364. The first-order chi connectivity index (χ1) is 15.4. The van der Waals surface area contributed by atoms with Crippen LogP contribution >= 0.6 is 0 Å². The molecule has 10 heteroatoms. The number of aromatic nitrogens is 4. The molecule has 32 heavy (non-hydrogen) atoms. The number of nitrogens with one attached hydrogen (secondary N) is 2. The Morgan fingerprint density at radius 3 is 2.81 bits per heavy atom. The summed E-state index contributed by atoms with van der Waals surface area (Å²) in [6.45, 7) is 3.39. The maximum atomic E-state index is 13.8. The molecule has 5 rings (SSSR count). The zero-order valence-electron chi connectivity index (χ0n) is 17.3. The number of aryl methyl sites for hydroxylation is 1. The molecule has 0 saturated carbocycles. The minimum atomic E-state index is -4.56. The Balaban J connectivity index is 1.50. The van der Waals surface area contributed by atoms with Crippen molar-refractivity contribution in [2.75, 3.05) is 18.4 Å². The lowest BCUT2D eigenvalue weighted by molar-refractivity contribution is -0.138. The minimum absolute atomic E-state index is 0.0820. The number of hydrogen-bond donors (Lipinski definition) is 2. The predicted octanol–water partition coefficient (Wildman–Crippen LogP) is 4.01. The summed E-state index contributed by atoms with van der Waals surface area (Å²) < 4.78 is 46.6. The number of alkyl halides is 3. The van der Waals surface area contributed by atoms with Gasteiger partial charge in [0.2, 0.25) is 5.95 Å². The highest BCUT2D eigenvalue weighted by Crippen LogP contribution is 2.40. The third-order valence-corrected chi connectivity index (χ3v) is 5.68. The van der Waals surface area contributed by atoms with Crippen molar-refractivity contribution in [2.45, 2.75) is 38.4 Å². The summed E-state index contributed by atoms with van der Waals surface area (Å²) in [6, 6.07) is 5.50. The molecule has 0 bridgehead atoms. The lowest BCUT2D eigenvalue weighted by atomic mass is 9.98. The van der Waals surface area contributed by atoms with E-state index in [2.05, 4.69) is 30.7 Å². The van der Waals surface area contributed by atoms with Crippen LogP contribution in [0.25, 0.3) is 17.0 Å². The van der Waals surface area contributed by atoms with Crippen molar-refractivity contribution in [2.24, 2.45) is 0 Å². The normalized spacial score (nSPS) is 18.4. The quantitative estimate of drug-likeness (QED) is 0.631. The summed E-state index contributed by atoms with van der Waals surface area (Å²) in [5.74, 6) is 1.10. The van der Waals surface area contributed by atoms with Crippen LogP contribution in [0, 0.1) is 6.92 Å². The Morgan fingerprint density at radius 2 is 2.09 bits per heavy atom. The second kappa shape index (κ2) is 8.01. The fourth-order valence-electron chi connectivity index (χ4n) is 4.14. The lowest BCUT2D eigenvalue weighted by Crippen LogP contribution is -2.38. The second-order valence-corrected chi connectivity index (χ2v) is 7.98. The van der Waals surface area contributed by atoms with E-state index in [1.165, 1.54) is 0 Å². The van der Waals surface area contributed by atoms with Gasteiger partial charge in [-0.25, -0.2) is 9.97 Å². The van der Waals surface area contributed by atoms with Gasteiger partial charge in [0, 0.05) is 29.9 Å². The summed E-state index contributed by atoms with van der Waals surface area (Å²) in [6.07, 6.45) is 0.474. The first-order valence-corrected chi connectivity index (χ1v) is 10.4. The van der Waals surface area contributed by atoms with Crippen LogP contribution in [-0.2, 0) is 12.6 Å². The Morgan fingerprint density at radius 1 is 1.22 bits per heavy atom. The van der Waals surface area contributed by atoms with Crippen LogP contribution in [0.4, 0.5) is 19.1 Å². The zero-order chi connectivity index (χ0) is 22.3. The molecule has 0 amide bonds. The summed E-state index contributed by atoms with van der Waals surface area (Å²) in [7, 11) is 0. The third kappa shape index (κ3) is 3.97. The van der Waals surface area contributed by atoms with Crippen molar-refractivity contribution in [3.8, 4) is 11.5 Å². The van der Waals surface area contributed by atoms with Gasteiger partial charge >= 0.3 is 6.18 Å². The smallest absolute Gasteiger partial charge is 0.350 e. The second-order valence-electron chi connectivity index (χ2n) is 7.98. The molecule has 1 saturated heterocycles. The average molecular weight is 442 g/mol. The Labute approximate surface area is 182 Å². The highest BCUT2D eigenvalue weighted by Gasteiger charge is 2.37. The zero-order valence-corrected chi connectivity index (χ0v) is 17.3. The highest BCUT2D eigenvalue weighted by molar-refractivity contribution is 5.85. The summed E-state index contributed by atoms with van der Waals surface area (Å²) in [5.41, 5.74) is 1.81. The number of anilines is 1. The number of fused-ring (bicyclic) bond motifs is 1. The first-order valence-electron chi connectivity index (χ1n) is 10.4. The van der Waals surface area contributed by atoms with Crippen LogP contribution < -0.4 is 10.6 Å². The number of allylic oxidation sites excluding steroid dienone is 1. The van der Waals surface area contributed by atoms with Gasteiger partial charge in [-0.15, -0.1) is 0 Å². The standard InChI is InChI=1S/C22H21F3N6O/c1-12-28-20(32-31-12)14-5-6-16-13(9-14)4-7-17(16)19-18(22(23,24)25)11-27-21(30-19)29-15-3-2-8-26-10-15/h5-7,9,11,15,26H,2-4,8,10H2,1H3,(H,27,29,30)/t15-/m0/s1. The molecule has 166 valence electrons. The van der Waals surface area contributed by atoms with Crippen LogP contribution in [0.2, 0.25) is 0 Å². The van der Waals surface area contributed by atoms with Crippen LogP contribution in [-0.4, -0.2) is 39.2 Å². The molecule has 1 aliphatic carbocycles. The van der Waals surface area contributed by atoms with Crippen LogP contribution in [0.15, 0.2) is 35.0 Å². The molecule has 2 aromatic heterocycles. The van der Waals surface area contributed by atoms with Crippen LogP contribution in [0.1, 0.15) is 41.1 Å². The summed E-state index contributed by atoms with van der Waals surface area (Å²) in [5, 5.41) is 10.2. The van der Waals surface area contributed by atoms with Crippen molar-refractivity contribution >= 4 is 11.5 Å². The number of nitrogens with zero attached hydrogens (tertiary/aromatic N) is 4. The van der Waals surface area contributed by atoms with Gasteiger partial charge in [0.05, 0.1) is 5.69 Å². The molecule has 0 radical (unpaired) electrons. The number of hydrogen-bond acceptors (Lipinski definition) is 7. The van der Waals surface area contributed by atoms with E-state index in [1.54, 1.807) is 25.1 Å². The van der Waals surface area contributed by atoms with Crippen molar-refractivity contribution < 1.29 is 17.7 Å². The van der Waals surface area contributed by atoms with Crippen LogP contribution in [0.3, 0.4) is 0 Å². The van der Waals surface area contributed by atoms with Gasteiger partial charge in [-0.3, -0.25) is 0 Å². The van der Waals surface area contributed by atoms with Crippen molar-refractivity contribution in [1.82, 2.24) is 25.4 Å². The molecule has 1 aromatic carbocycles. The molecule has 1 fully saturated rings. The molecule has 1 aliphatic heterocycles. The van der Waals surface area contributed by atoms with E-state index < -0.39 is 11.7 Å². The molecule has 0 unspecified atom stereocenters. The number of piperidine rings is 1. The van der Waals surface area contributed by atoms with E-state index in [1.807, 2.05) is 6.07 Å². The third-order valence-electron chi connectivity index (χ3n) is 5.68. The highest BCUT2D eigenvalue weighted by atomic mass is 19.4. The van der Waals surface area contributed by atoms with E-state index in [0.29, 0.717) is 29.3 Å². The van der Waals surface area contributed by atoms with E-state index >= 15 is 0 Å². The Kier molecular flexibility index (Phi) is 5.16. The van der Waals surface area contributed by atoms with E-state index in [4.69, 9.17) is 4.52 Å². The Hall–Kier alpha value is -3.27. The maximum absolute atomic E-state index is 13.8. The molecule has 2 N–H and O–H groups in total. The van der Waals surface area contributed by atoms with Gasteiger partial charge < -0.3 is 15.2 Å². The molecule has 0 spiro atoms. The first kappa shape index (κ1) is 20.6. The summed E-state index contributed by atoms with van der Waals surface area (Å²) >= 11 is 0. The lowest BCUT2D eigenvalue weighted by Gasteiger charge is -2.24. The molecule has 3 heterocycles. The fourth-order valence-corrected chi connectivity index (χ4v) is 4.14. The minimum Gasteiger partial charge on any atom is -0.350 e. The summed E-state index contributed by atoms with van der Waals surface area (Å²) in [4.78, 5) is 12.5. The molecule has 3 aromatic rings.